The Labute approximate surface area is 122 Å². The average Bonchev–Trinajstić information content (AvgIpc) is 2.71. The third-order valence-electron chi connectivity index (χ3n) is 2.24. The Balaban J connectivity index is 0.000000295. The zero-order chi connectivity index (χ0) is 17.1. The molecule has 10 heteroatoms. The monoisotopic (exact) mass is 343 g/mol. The van der Waals surface area contributed by atoms with E-state index in [1.807, 2.05) is 54.6 Å². The number of aromatic nitrogens is 2. The summed E-state index contributed by atoms with van der Waals surface area (Å²) in [6, 6.07) is 9.82. The Morgan fingerprint density at radius 2 is 1.77 bits per heavy atom. The molecule has 122 valence electrons. The first-order chi connectivity index (χ1) is 9.72. The first-order valence-electron chi connectivity index (χ1n) is 5.79. The van der Waals surface area contributed by atoms with Gasteiger partial charge in [-0.3, -0.25) is 0 Å². The Hall–Kier alpha value is -2.07. The van der Waals surface area contributed by atoms with Crippen molar-refractivity contribution in [2.75, 3.05) is 0 Å². The van der Waals surface area contributed by atoms with E-state index in [9.17, 15) is 25.2 Å². The quantitative estimate of drug-likeness (QED) is 0.445. The Kier molecular flexibility index (Phi) is 4.32. The van der Waals surface area contributed by atoms with E-state index < -0.39 is 7.81 Å². The van der Waals surface area contributed by atoms with Crippen LogP contribution in [0.5, 0.6) is 0 Å². The van der Waals surface area contributed by atoms with Crippen molar-refractivity contribution in [2.24, 2.45) is 7.05 Å². The van der Waals surface area contributed by atoms with Crippen LogP contribution in [0.3, 0.4) is 0 Å². The third-order valence-corrected chi connectivity index (χ3v) is 2.24. The van der Waals surface area contributed by atoms with E-state index in [1.165, 1.54) is 0 Å². The van der Waals surface area contributed by atoms with Crippen LogP contribution in [0.25, 0.3) is 0 Å². The van der Waals surface area contributed by atoms with Gasteiger partial charge in [0.2, 0.25) is 6.33 Å². The predicted octanol–water partition coefficient (Wildman–Crippen LogP) is 4.61. The molecular formula is C12H12F6N3P. The normalized spacial score (nSPS) is 14.1. The van der Waals surface area contributed by atoms with Crippen molar-refractivity contribution in [1.82, 2.24) is 4.57 Å². The summed E-state index contributed by atoms with van der Waals surface area (Å²) in [5, 5.41) is 8.77. The average molecular weight is 343 g/mol. The summed E-state index contributed by atoms with van der Waals surface area (Å²) in [6.07, 6.45) is 6.02. The van der Waals surface area contributed by atoms with Gasteiger partial charge in [0.05, 0.1) is 18.7 Å². The standard InChI is InChI=1S/C12H12N3.F6P/c1-14-5-6-15(10-14)9-12-4-2-3-11(7-12)8-13;1-7(2,3,4,5)6/h2-7,10H,9H2,1H3;/q+1;-1. The van der Waals surface area contributed by atoms with Gasteiger partial charge in [0.15, 0.2) is 0 Å². The molecule has 2 rings (SSSR count). The van der Waals surface area contributed by atoms with Gasteiger partial charge in [-0.2, -0.15) is 5.26 Å². The molecule has 0 aliphatic heterocycles. The molecule has 0 atom stereocenters. The van der Waals surface area contributed by atoms with Crippen molar-refractivity contribution in [1.29, 1.82) is 5.26 Å². The van der Waals surface area contributed by atoms with Crippen molar-refractivity contribution in [2.45, 2.75) is 6.54 Å². The van der Waals surface area contributed by atoms with Crippen LogP contribution in [-0.4, -0.2) is 4.57 Å². The topological polar surface area (TPSA) is 32.6 Å². The van der Waals surface area contributed by atoms with E-state index in [1.54, 1.807) is 0 Å². The SMILES string of the molecule is C[n+]1ccn(Cc2cccc(C#N)c2)c1.F[P-](F)(F)(F)(F)F. The van der Waals surface area contributed by atoms with Crippen LogP contribution in [0.2, 0.25) is 0 Å². The van der Waals surface area contributed by atoms with Crippen LogP contribution in [-0.2, 0) is 13.6 Å². The molecule has 0 radical (unpaired) electrons. The summed E-state index contributed by atoms with van der Waals surface area (Å²) in [5.41, 5.74) is 1.86. The van der Waals surface area contributed by atoms with Gasteiger partial charge in [-0.25, -0.2) is 9.13 Å². The van der Waals surface area contributed by atoms with E-state index in [2.05, 4.69) is 10.6 Å². The number of halogens is 6. The van der Waals surface area contributed by atoms with Crippen molar-refractivity contribution in [3.63, 3.8) is 0 Å². The van der Waals surface area contributed by atoms with Crippen LogP contribution in [0.15, 0.2) is 43.0 Å². The predicted molar refractivity (Wildman–Crippen MR) is 69.4 cm³/mol. The molecule has 0 amide bonds. The molecule has 0 saturated carbocycles. The molecule has 1 heterocycles. The number of hydrogen-bond acceptors (Lipinski definition) is 1. The van der Waals surface area contributed by atoms with Crippen LogP contribution in [0, 0.1) is 11.3 Å². The minimum atomic E-state index is -10.7. The van der Waals surface area contributed by atoms with E-state index in [4.69, 9.17) is 5.26 Å². The van der Waals surface area contributed by atoms with E-state index in [0.717, 1.165) is 12.1 Å². The maximum atomic E-state index is 9.87. The first kappa shape index (κ1) is 18.0. The molecule has 0 spiro atoms. The van der Waals surface area contributed by atoms with E-state index >= 15 is 0 Å². The molecule has 0 N–H and O–H groups in total. The fourth-order valence-electron chi connectivity index (χ4n) is 1.55. The number of aryl methyl sites for hydroxylation is 1. The molecule has 1 aromatic heterocycles. The minimum absolute atomic E-state index is 0.712. The van der Waals surface area contributed by atoms with Gasteiger partial charge in [-0.05, 0) is 17.7 Å². The second-order valence-electron chi connectivity index (χ2n) is 4.52. The van der Waals surface area contributed by atoms with Crippen molar-refractivity contribution < 1.29 is 29.7 Å². The van der Waals surface area contributed by atoms with Gasteiger partial charge in [-0.1, -0.05) is 12.1 Å². The van der Waals surface area contributed by atoms with Gasteiger partial charge in [0, 0.05) is 0 Å². The van der Waals surface area contributed by atoms with Gasteiger partial charge in [0.25, 0.3) is 0 Å². The molecule has 22 heavy (non-hydrogen) atoms. The fraction of sp³-hybridized carbons (Fsp3) is 0.167. The third kappa shape index (κ3) is 9.77. The molecule has 0 unspecified atom stereocenters. The maximum absolute atomic E-state index is 10.7. The van der Waals surface area contributed by atoms with Gasteiger partial charge in [-0.15, -0.1) is 0 Å². The molecule has 0 fully saturated rings. The van der Waals surface area contributed by atoms with Gasteiger partial charge < -0.3 is 0 Å². The van der Waals surface area contributed by atoms with Crippen molar-refractivity contribution in [3.05, 3.63) is 54.1 Å². The second kappa shape index (κ2) is 5.29. The zero-order valence-corrected chi connectivity index (χ0v) is 12.2. The van der Waals surface area contributed by atoms with Gasteiger partial charge >= 0.3 is 33.0 Å². The summed E-state index contributed by atoms with van der Waals surface area (Å²) < 4.78 is 63.3. The number of nitriles is 1. The zero-order valence-electron chi connectivity index (χ0n) is 11.3. The molecule has 1 aromatic carbocycles. The number of nitrogens with zero attached hydrogens (tertiary/aromatic N) is 3. The molecule has 0 bridgehead atoms. The Morgan fingerprint density at radius 1 is 1.18 bits per heavy atom. The fourth-order valence-corrected chi connectivity index (χ4v) is 1.55. The molecule has 0 saturated heterocycles. The van der Waals surface area contributed by atoms with Gasteiger partial charge in [0.1, 0.15) is 18.9 Å². The molecule has 0 aliphatic carbocycles. The van der Waals surface area contributed by atoms with Crippen LogP contribution in [0.1, 0.15) is 11.1 Å². The Morgan fingerprint density at radius 3 is 2.23 bits per heavy atom. The summed E-state index contributed by atoms with van der Waals surface area (Å²) in [4.78, 5) is 0. The summed E-state index contributed by atoms with van der Waals surface area (Å²) in [6.45, 7) is 0.802. The van der Waals surface area contributed by atoms with Crippen LogP contribution >= 0.6 is 7.81 Å². The van der Waals surface area contributed by atoms with E-state index in [0.29, 0.717) is 5.56 Å². The van der Waals surface area contributed by atoms with Crippen molar-refractivity contribution in [3.8, 4) is 6.07 Å². The summed E-state index contributed by atoms with van der Waals surface area (Å²) >= 11 is 0. The van der Waals surface area contributed by atoms with Crippen LogP contribution < -0.4 is 4.57 Å². The second-order valence-corrected chi connectivity index (χ2v) is 6.44. The number of rotatable bonds is 2. The number of imidazole rings is 1. The molecule has 3 nitrogen and oxygen atoms in total. The molecule has 2 aromatic rings. The summed E-state index contributed by atoms with van der Waals surface area (Å²) in [7, 11) is -8.67. The van der Waals surface area contributed by atoms with E-state index in [-0.39, 0.29) is 0 Å². The first-order valence-corrected chi connectivity index (χ1v) is 7.82. The Bertz CT molecular complexity index is 688. The number of benzene rings is 1. The number of hydrogen-bond donors (Lipinski definition) is 0. The van der Waals surface area contributed by atoms with Crippen molar-refractivity contribution >= 4 is 7.81 Å². The molecular weight excluding hydrogens is 331 g/mol. The summed E-state index contributed by atoms with van der Waals surface area (Å²) in [5.74, 6) is 0. The van der Waals surface area contributed by atoms with Crippen LogP contribution in [0.4, 0.5) is 25.2 Å². The molecule has 0 aliphatic rings.